The Labute approximate surface area is 123 Å². The second-order valence-corrected chi connectivity index (χ2v) is 5.88. The van der Waals surface area contributed by atoms with Crippen molar-refractivity contribution in [3.63, 3.8) is 0 Å². The van der Waals surface area contributed by atoms with Gasteiger partial charge in [0.1, 0.15) is 5.82 Å². The number of hydrogen-bond acceptors (Lipinski definition) is 1. The molecule has 2 aromatic carbocycles. The van der Waals surface area contributed by atoms with Gasteiger partial charge in [0.2, 0.25) is 0 Å². The van der Waals surface area contributed by atoms with E-state index in [0.29, 0.717) is 10.6 Å². The highest BCUT2D eigenvalue weighted by molar-refractivity contribution is 6.30. The van der Waals surface area contributed by atoms with E-state index in [0.717, 1.165) is 24.8 Å². The number of rotatable bonds is 3. The van der Waals surface area contributed by atoms with Gasteiger partial charge in [0, 0.05) is 16.0 Å². The van der Waals surface area contributed by atoms with Crippen molar-refractivity contribution in [3.8, 4) is 0 Å². The van der Waals surface area contributed by atoms with Gasteiger partial charge in [0.25, 0.3) is 0 Å². The average molecular weight is 291 g/mol. The summed E-state index contributed by atoms with van der Waals surface area (Å²) in [5.74, 6) is -0.438. The van der Waals surface area contributed by atoms with Crippen molar-refractivity contribution in [1.29, 1.82) is 0 Å². The van der Waals surface area contributed by atoms with Gasteiger partial charge in [-0.15, -0.1) is 0 Å². The summed E-state index contributed by atoms with van der Waals surface area (Å²) < 4.78 is 14.1. The molecule has 0 aliphatic heterocycles. The van der Waals surface area contributed by atoms with Crippen LogP contribution in [0.3, 0.4) is 0 Å². The fourth-order valence-electron chi connectivity index (χ4n) is 3.07. The number of benzene rings is 2. The lowest BCUT2D eigenvalue weighted by Crippen LogP contribution is -2.40. The lowest BCUT2D eigenvalue weighted by molar-refractivity contribution is 0.0244. The Morgan fingerprint density at radius 2 is 1.80 bits per heavy atom. The number of aliphatic hydroxyl groups is 1. The Bertz CT molecular complexity index is 608. The Kier molecular flexibility index (Phi) is 3.53. The van der Waals surface area contributed by atoms with Crippen molar-refractivity contribution < 1.29 is 9.50 Å². The predicted molar refractivity (Wildman–Crippen MR) is 78.3 cm³/mol. The molecule has 0 heterocycles. The minimum Gasteiger partial charge on any atom is -0.387 e. The maximum atomic E-state index is 14.1. The predicted octanol–water partition coefficient (Wildman–Crippen LogP) is 4.63. The molecule has 0 aromatic heterocycles. The highest BCUT2D eigenvalue weighted by atomic mass is 35.5. The minimum atomic E-state index is -0.837. The normalized spacial score (nSPS) is 18.4. The van der Waals surface area contributed by atoms with Gasteiger partial charge < -0.3 is 5.11 Å². The quantitative estimate of drug-likeness (QED) is 0.873. The SMILES string of the molecule is OC(c1ccc(Cl)cc1F)C1(c2ccccc2)CCC1. The largest absolute Gasteiger partial charge is 0.387 e. The summed E-state index contributed by atoms with van der Waals surface area (Å²) in [6.45, 7) is 0. The monoisotopic (exact) mass is 290 g/mol. The second kappa shape index (κ2) is 5.19. The molecular weight excluding hydrogens is 275 g/mol. The first-order valence-corrected chi connectivity index (χ1v) is 7.20. The molecule has 1 saturated carbocycles. The van der Waals surface area contributed by atoms with Gasteiger partial charge in [0.05, 0.1) is 6.10 Å². The molecule has 0 amide bonds. The van der Waals surface area contributed by atoms with Gasteiger partial charge in [-0.2, -0.15) is 0 Å². The summed E-state index contributed by atoms with van der Waals surface area (Å²) in [5, 5.41) is 11.1. The first-order chi connectivity index (χ1) is 9.63. The van der Waals surface area contributed by atoms with E-state index < -0.39 is 11.9 Å². The molecule has 0 spiro atoms. The van der Waals surface area contributed by atoms with Gasteiger partial charge in [-0.3, -0.25) is 0 Å². The summed E-state index contributed by atoms with van der Waals surface area (Å²) in [4.78, 5) is 0. The van der Waals surface area contributed by atoms with Crippen LogP contribution in [-0.4, -0.2) is 5.11 Å². The molecule has 1 nitrogen and oxygen atoms in total. The van der Waals surface area contributed by atoms with E-state index in [2.05, 4.69) is 0 Å². The fourth-order valence-corrected chi connectivity index (χ4v) is 3.23. The summed E-state index contributed by atoms with van der Waals surface area (Å²) >= 11 is 5.78. The zero-order valence-electron chi connectivity index (χ0n) is 11.0. The first kappa shape index (κ1) is 13.6. The Morgan fingerprint density at radius 1 is 1.10 bits per heavy atom. The van der Waals surface area contributed by atoms with Crippen LogP contribution >= 0.6 is 11.6 Å². The molecule has 3 heteroatoms. The van der Waals surface area contributed by atoms with Crippen LogP contribution in [0, 0.1) is 5.82 Å². The van der Waals surface area contributed by atoms with Crippen LogP contribution in [0.1, 0.15) is 36.5 Å². The lowest BCUT2D eigenvalue weighted by Gasteiger charge is -2.46. The van der Waals surface area contributed by atoms with E-state index in [9.17, 15) is 9.50 Å². The van der Waals surface area contributed by atoms with Crippen molar-refractivity contribution in [1.82, 2.24) is 0 Å². The van der Waals surface area contributed by atoms with E-state index in [4.69, 9.17) is 11.6 Å². The molecule has 3 rings (SSSR count). The number of hydrogen-bond donors (Lipinski definition) is 1. The Balaban J connectivity index is 2.01. The molecule has 0 bridgehead atoms. The topological polar surface area (TPSA) is 20.2 Å². The molecule has 0 radical (unpaired) electrons. The van der Waals surface area contributed by atoms with E-state index in [1.807, 2.05) is 30.3 Å². The third-order valence-electron chi connectivity index (χ3n) is 4.37. The van der Waals surface area contributed by atoms with Crippen LogP contribution in [0.4, 0.5) is 4.39 Å². The van der Waals surface area contributed by atoms with Crippen LogP contribution in [0.5, 0.6) is 0 Å². The van der Waals surface area contributed by atoms with E-state index in [1.165, 1.54) is 6.07 Å². The molecule has 1 N–H and O–H groups in total. The highest BCUT2D eigenvalue weighted by Gasteiger charge is 2.46. The van der Waals surface area contributed by atoms with Crippen LogP contribution < -0.4 is 0 Å². The lowest BCUT2D eigenvalue weighted by atomic mass is 9.60. The Hall–Kier alpha value is -1.38. The number of halogens is 2. The Morgan fingerprint density at radius 3 is 2.35 bits per heavy atom. The molecule has 104 valence electrons. The fraction of sp³-hybridized carbons (Fsp3) is 0.294. The second-order valence-electron chi connectivity index (χ2n) is 5.44. The van der Waals surface area contributed by atoms with Crippen molar-refractivity contribution in [3.05, 3.63) is 70.5 Å². The van der Waals surface area contributed by atoms with Crippen LogP contribution in [0.15, 0.2) is 48.5 Å². The molecule has 0 saturated heterocycles. The number of aliphatic hydroxyl groups excluding tert-OH is 1. The van der Waals surface area contributed by atoms with Crippen LogP contribution in [-0.2, 0) is 5.41 Å². The molecule has 1 aliphatic rings. The summed E-state index contributed by atoms with van der Waals surface area (Å²) in [6, 6.07) is 14.4. The van der Waals surface area contributed by atoms with E-state index in [-0.39, 0.29) is 5.41 Å². The molecule has 1 fully saturated rings. The molecule has 1 unspecified atom stereocenters. The van der Waals surface area contributed by atoms with Gasteiger partial charge >= 0.3 is 0 Å². The third kappa shape index (κ3) is 2.13. The molecule has 20 heavy (non-hydrogen) atoms. The van der Waals surface area contributed by atoms with Gasteiger partial charge in [-0.1, -0.05) is 54.4 Å². The van der Waals surface area contributed by atoms with Gasteiger partial charge in [-0.05, 0) is 30.5 Å². The standard InChI is InChI=1S/C17H16ClFO/c18-13-7-8-14(15(19)11-13)16(20)17(9-4-10-17)12-5-2-1-3-6-12/h1-3,5-8,11,16,20H,4,9-10H2. The van der Waals surface area contributed by atoms with Crippen molar-refractivity contribution in [2.45, 2.75) is 30.8 Å². The van der Waals surface area contributed by atoms with Gasteiger partial charge in [-0.25, -0.2) is 4.39 Å². The highest BCUT2D eigenvalue weighted by Crippen LogP contribution is 2.52. The van der Waals surface area contributed by atoms with Crippen molar-refractivity contribution in [2.24, 2.45) is 0 Å². The molecule has 1 atom stereocenters. The van der Waals surface area contributed by atoms with Crippen molar-refractivity contribution in [2.75, 3.05) is 0 Å². The average Bonchev–Trinajstić information content (AvgIpc) is 2.38. The minimum absolute atomic E-state index is 0.331. The molecular formula is C17H16ClFO. The first-order valence-electron chi connectivity index (χ1n) is 6.82. The maximum Gasteiger partial charge on any atom is 0.130 e. The smallest absolute Gasteiger partial charge is 0.130 e. The zero-order chi connectivity index (χ0) is 14.2. The zero-order valence-corrected chi connectivity index (χ0v) is 11.8. The summed E-state index contributed by atoms with van der Waals surface area (Å²) in [6.07, 6.45) is 1.97. The molecule has 2 aromatic rings. The summed E-state index contributed by atoms with van der Waals surface area (Å²) in [5.41, 5.74) is 1.04. The summed E-state index contributed by atoms with van der Waals surface area (Å²) in [7, 11) is 0. The van der Waals surface area contributed by atoms with Crippen molar-refractivity contribution >= 4 is 11.6 Å². The van der Waals surface area contributed by atoms with Gasteiger partial charge in [0.15, 0.2) is 0 Å². The van der Waals surface area contributed by atoms with E-state index in [1.54, 1.807) is 12.1 Å². The van der Waals surface area contributed by atoms with E-state index >= 15 is 0 Å². The van der Waals surface area contributed by atoms with Crippen LogP contribution in [0.25, 0.3) is 0 Å². The third-order valence-corrected chi connectivity index (χ3v) is 4.61. The van der Waals surface area contributed by atoms with Crippen LogP contribution in [0.2, 0.25) is 5.02 Å². The maximum absolute atomic E-state index is 14.1. The molecule has 1 aliphatic carbocycles.